The summed E-state index contributed by atoms with van der Waals surface area (Å²) in [5.74, 6) is -1.83. The highest BCUT2D eigenvalue weighted by atomic mass is 35.5. The van der Waals surface area contributed by atoms with E-state index < -0.39 is 29.6 Å². The lowest BCUT2D eigenvalue weighted by molar-refractivity contribution is -0.146. The number of imide groups is 1. The number of aromatic carboxylic acids is 1. The van der Waals surface area contributed by atoms with Crippen LogP contribution in [0.1, 0.15) is 47.6 Å². The van der Waals surface area contributed by atoms with Crippen LogP contribution in [0, 0.1) is 5.92 Å². The maximum atomic E-state index is 13.8. The Morgan fingerprint density at radius 1 is 1.25 bits per heavy atom. The van der Waals surface area contributed by atoms with Gasteiger partial charge in [-0.15, -0.1) is 0 Å². The van der Waals surface area contributed by atoms with Crippen LogP contribution in [0.15, 0.2) is 64.2 Å². The highest BCUT2D eigenvalue weighted by molar-refractivity contribution is 6.30. The fourth-order valence-electron chi connectivity index (χ4n) is 4.30. The molecule has 2 amide bonds. The average molecular weight is 569 g/mol. The molecule has 0 radical (unpaired) electrons. The number of carboxylic acid groups (broad SMARTS) is 1. The van der Waals surface area contributed by atoms with Gasteiger partial charge in [0.25, 0.3) is 0 Å². The molecule has 1 aliphatic rings. The predicted octanol–water partition coefficient (Wildman–Crippen LogP) is 4.13. The Labute approximate surface area is 235 Å². The van der Waals surface area contributed by atoms with E-state index in [1.165, 1.54) is 7.11 Å². The van der Waals surface area contributed by atoms with E-state index in [0.29, 0.717) is 34.3 Å². The van der Waals surface area contributed by atoms with Crippen LogP contribution in [0.2, 0.25) is 5.02 Å². The first kappa shape index (κ1) is 28.6. The Balaban J connectivity index is 1.58. The largest absolute Gasteiger partial charge is 0.496 e. The highest BCUT2D eigenvalue weighted by Gasteiger charge is 2.35. The van der Waals surface area contributed by atoms with Gasteiger partial charge in [0.15, 0.2) is 23.2 Å². The van der Waals surface area contributed by atoms with Crippen molar-refractivity contribution in [2.75, 3.05) is 20.2 Å². The zero-order valence-corrected chi connectivity index (χ0v) is 22.8. The topological polar surface area (TPSA) is 144 Å². The zero-order chi connectivity index (χ0) is 28.6. The predicted molar refractivity (Wildman–Crippen MR) is 146 cm³/mol. The summed E-state index contributed by atoms with van der Waals surface area (Å²) in [5, 5.41) is 9.67. The van der Waals surface area contributed by atoms with Gasteiger partial charge in [0.1, 0.15) is 12.0 Å². The number of hydroxylamine groups is 1. The van der Waals surface area contributed by atoms with Crippen molar-refractivity contribution in [1.82, 2.24) is 15.4 Å². The van der Waals surface area contributed by atoms with Crippen LogP contribution in [0.25, 0.3) is 0 Å². The molecule has 4 rings (SSSR count). The number of ether oxygens (including phenoxy) is 1. The molecule has 1 unspecified atom stereocenters. The summed E-state index contributed by atoms with van der Waals surface area (Å²) in [6.07, 6.45) is 1.59. The molecular weight excluding hydrogens is 540 g/mol. The number of aliphatic imine (C=N–C) groups is 1. The van der Waals surface area contributed by atoms with Crippen molar-refractivity contribution in [3.63, 3.8) is 0 Å². The van der Waals surface area contributed by atoms with Crippen LogP contribution in [0.5, 0.6) is 11.5 Å². The van der Waals surface area contributed by atoms with Crippen LogP contribution < -0.4 is 15.1 Å². The first-order valence-electron chi connectivity index (χ1n) is 12.7. The Morgan fingerprint density at radius 3 is 2.70 bits per heavy atom. The number of oxazole rings is 1. The van der Waals surface area contributed by atoms with Gasteiger partial charge in [-0.05, 0) is 48.7 Å². The molecule has 0 fully saturated rings. The number of amidine groups is 1. The normalized spacial score (nSPS) is 16.1. The third-order valence-electron chi connectivity index (χ3n) is 6.47. The van der Waals surface area contributed by atoms with Crippen molar-refractivity contribution < 1.29 is 33.5 Å². The molecule has 1 aliphatic heterocycles. The molecule has 2 aromatic carbocycles. The molecule has 0 saturated heterocycles. The minimum atomic E-state index is -1.23. The number of methoxy groups -OCH3 is 1. The van der Waals surface area contributed by atoms with E-state index in [1.54, 1.807) is 30.3 Å². The number of hydrogen-bond donors (Lipinski definition) is 2. The van der Waals surface area contributed by atoms with Gasteiger partial charge in [-0.3, -0.25) is 19.5 Å². The summed E-state index contributed by atoms with van der Waals surface area (Å²) in [7, 11) is 1.53. The van der Waals surface area contributed by atoms with Gasteiger partial charge in [0.05, 0.1) is 26.1 Å². The van der Waals surface area contributed by atoms with E-state index >= 15 is 0 Å². The molecule has 210 valence electrons. The van der Waals surface area contributed by atoms with Crippen molar-refractivity contribution in [1.29, 1.82) is 0 Å². The number of benzene rings is 2. The van der Waals surface area contributed by atoms with E-state index in [4.69, 9.17) is 25.6 Å². The van der Waals surface area contributed by atoms with Crippen molar-refractivity contribution in [3.05, 3.63) is 77.0 Å². The molecule has 0 bridgehead atoms. The van der Waals surface area contributed by atoms with E-state index in [9.17, 15) is 19.5 Å². The summed E-state index contributed by atoms with van der Waals surface area (Å²) < 4.78 is 10.8. The van der Waals surface area contributed by atoms with E-state index in [-0.39, 0.29) is 37.5 Å². The van der Waals surface area contributed by atoms with Gasteiger partial charge in [-0.2, -0.15) is 0 Å². The maximum Gasteiger partial charge on any atom is 0.357 e. The number of hydrogen-bond acceptors (Lipinski definition) is 9. The van der Waals surface area contributed by atoms with Gasteiger partial charge in [0, 0.05) is 17.4 Å². The van der Waals surface area contributed by atoms with Gasteiger partial charge in [-0.1, -0.05) is 36.7 Å². The minimum absolute atomic E-state index is 0.0949. The summed E-state index contributed by atoms with van der Waals surface area (Å²) in [6, 6.07) is 14.1. The number of nitrogens with zero attached hydrogens (tertiary/aromatic N) is 3. The molecule has 0 saturated carbocycles. The Bertz CT molecular complexity index is 1390. The molecule has 1 aromatic heterocycles. The first-order chi connectivity index (χ1) is 19.3. The molecule has 2 heterocycles. The summed E-state index contributed by atoms with van der Waals surface area (Å²) in [6.45, 7) is 1.77. The van der Waals surface area contributed by atoms with Crippen molar-refractivity contribution in [2.45, 2.75) is 32.1 Å². The third-order valence-corrected chi connectivity index (χ3v) is 6.70. The van der Waals surface area contributed by atoms with Crippen LogP contribution in [-0.4, -0.2) is 58.8 Å². The third kappa shape index (κ3) is 6.97. The fourth-order valence-corrected chi connectivity index (χ4v) is 4.50. The molecule has 0 aliphatic carbocycles. The molecule has 40 heavy (non-hydrogen) atoms. The van der Waals surface area contributed by atoms with Gasteiger partial charge in [0.2, 0.25) is 11.8 Å². The molecule has 12 heteroatoms. The minimum Gasteiger partial charge on any atom is -0.496 e. The second-order valence-electron chi connectivity index (χ2n) is 9.17. The van der Waals surface area contributed by atoms with Crippen LogP contribution >= 0.6 is 11.6 Å². The summed E-state index contributed by atoms with van der Waals surface area (Å²) in [5.41, 5.74) is 3.23. The standard InChI is InChI=1S/C28H29ClN4O7/c1-3-17(26-31-22(16-39-26)28(36)37)13-25(34)33-15-24(32-40-21-7-5-4-6-8-21)30-14-19(27(33)35)11-18-12-20(29)9-10-23(18)38-2/h4-10,12,16-17,19H,3,11,13-15H2,1-2H3,(H,30,32)(H,36,37)/t17-,19?/m0/s1. The van der Waals surface area contributed by atoms with Crippen LogP contribution in [-0.2, 0) is 16.0 Å². The average Bonchev–Trinajstić information content (AvgIpc) is 3.40. The van der Waals surface area contributed by atoms with Crippen molar-refractivity contribution in [3.8, 4) is 11.5 Å². The smallest absolute Gasteiger partial charge is 0.357 e. The number of para-hydroxylation sites is 1. The Hall–Kier alpha value is -4.38. The maximum absolute atomic E-state index is 13.8. The number of aromatic nitrogens is 1. The van der Waals surface area contributed by atoms with Crippen LogP contribution in [0.4, 0.5) is 0 Å². The highest BCUT2D eigenvalue weighted by Crippen LogP contribution is 2.28. The lowest BCUT2D eigenvalue weighted by Crippen LogP contribution is -2.46. The van der Waals surface area contributed by atoms with Crippen molar-refractivity contribution in [2.24, 2.45) is 10.9 Å². The molecule has 2 atom stereocenters. The number of amides is 2. The number of carboxylic acids is 1. The second-order valence-corrected chi connectivity index (χ2v) is 9.60. The van der Waals surface area contributed by atoms with E-state index in [1.807, 2.05) is 25.1 Å². The Morgan fingerprint density at radius 2 is 2.02 bits per heavy atom. The number of nitrogens with one attached hydrogen (secondary N) is 1. The zero-order valence-electron chi connectivity index (χ0n) is 22.0. The fraction of sp³-hybridized carbons (Fsp3) is 0.321. The molecule has 3 aromatic rings. The van der Waals surface area contributed by atoms with Gasteiger partial charge < -0.3 is 19.1 Å². The van der Waals surface area contributed by atoms with Gasteiger partial charge in [-0.25, -0.2) is 15.3 Å². The SMILES string of the molecule is CC[C@@H](CC(=O)N1CC(NOc2ccccc2)=NCC(Cc2cc(Cl)ccc2OC)C1=O)c1nc(C(=O)O)co1. The number of halogens is 1. The van der Waals surface area contributed by atoms with Crippen molar-refractivity contribution >= 4 is 35.2 Å². The summed E-state index contributed by atoms with van der Waals surface area (Å²) >= 11 is 6.20. The first-order valence-corrected chi connectivity index (χ1v) is 13.0. The molecule has 2 N–H and O–H groups in total. The lowest BCUT2D eigenvalue weighted by Gasteiger charge is -2.25. The molecule has 11 nitrogen and oxygen atoms in total. The molecule has 0 spiro atoms. The second kappa shape index (κ2) is 13.1. The van der Waals surface area contributed by atoms with Crippen LogP contribution in [0.3, 0.4) is 0 Å². The Kier molecular flexibility index (Phi) is 9.39. The monoisotopic (exact) mass is 568 g/mol. The van der Waals surface area contributed by atoms with E-state index in [0.717, 1.165) is 11.2 Å². The number of carbonyl (C=O) groups excluding carboxylic acids is 2. The van der Waals surface area contributed by atoms with Gasteiger partial charge >= 0.3 is 5.97 Å². The van der Waals surface area contributed by atoms with E-state index in [2.05, 4.69) is 15.5 Å². The number of rotatable bonds is 10. The summed E-state index contributed by atoms with van der Waals surface area (Å²) in [4.78, 5) is 53.9. The quantitative estimate of drug-likeness (QED) is 0.345. The molecular formula is C28H29ClN4O7. The lowest BCUT2D eigenvalue weighted by atomic mass is 9.96. The number of carbonyl (C=O) groups is 3.